The van der Waals surface area contributed by atoms with Crippen molar-refractivity contribution in [1.82, 2.24) is 4.98 Å². The average molecular weight is 180 g/mol. The number of hydrogen-bond donors (Lipinski definition) is 2. The number of nitrogens with zero attached hydrogens (tertiary/aromatic N) is 1. The van der Waals surface area contributed by atoms with Crippen molar-refractivity contribution < 1.29 is 14.7 Å². The number of carboxylic acid groups (broad SMARTS) is 1. The van der Waals surface area contributed by atoms with Crippen molar-refractivity contribution in [2.45, 2.75) is 6.04 Å². The van der Waals surface area contributed by atoms with Crippen molar-refractivity contribution in [2.75, 3.05) is 0 Å². The molecule has 0 unspecified atom stereocenters. The summed E-state index contributed by atoms with van der Waals surface area (Å²) in [4.78, 5) is 24.3. The summed E-state index contributed by atoms with van der Waals surface area (Å²) < 4.78 is 0. The van der Waals surface area contributed by atoms with Crippen LogP contribution in [0.4, 0.5) is 0 Å². The van der Waals surface area contributed by atoms with Crippen molar-refractivity contribution >= 4 is 12.3 Å². The number of aliphatic carboxylic acids is 1. The van der Waals surface area contributed by atoms with E-state index in [0.717, 1.165) is 0 Å². The number of carbonyl (C=O) groups excluding carboxylic acids is 1. The third-order valence-corrected chi connectivity index (χ3v) is 1.56. The van der Waals surface area contributed by atoms with Crippen molar-refractivity contribution in [3.63, 3.8) is 0 Å². The first-order chi connectivity index (χ1) is 6.15. The summed E-state index contributed by atoms with van der Waals surface area (Å²) >= 11 is 0. The molecule has 5 heteroatoms. The summed E-state index contributed by atoms with van der Waals surface area (Å²) in [5, 5.41) is 8.54. The summed E-state index contributed by atoms with van der Waals surface area (Å²) in [6.45, 7) is 0. The first-order valence-electron chi connectivity index (χ1n) is 3.54. The molecule has 0 aliphatic heterocycles. The van der Waals surface area contributed by atoms with Crippen LogP contribution in [0.1, 0.15) is 22.1 Å². The second kappa shape index (κ2) is 3.77. The summed E-state index contributed by atoms with van der Waals surface area (Å²) in [7, 11) is 0. The molecular formula is C8H8N2O3. The highest BCUT2D eigenvalue weighted by atomic mass is 16.4. The number of aromatic nitrogens is 1. The van der Waals surface area contributed by atoms with Gasteiger partial charge in [0.05, 0.1) is 0 Å². The smallest absolute Gasteiger partial charge is 0.325 e. The minimum atomic E-state index is -1.12. The zero-order valence-electron chi connectivity index (χ0n) is 6.68. The minimum absolute atomic E-state index is 0.251. The largest absolute Gasteiger partial charge is 0.480 e. The van der Waals surface area contributed by atoms with E-state index in [9.17, 15) is 9.59 Å². The van der Waals surface area contributed by atoms with Crippen molar-refractivity contribution in [3.05, 3.63) is 29.6 Å². The predicted molar refractivity (Wildman–Crippen MR) is 44.2 cm³/mol. The van der Waals surface area contributed by atoms with Gasteiger partial charge < -0.3 is 10.8 Å². The van der Waals surface area contributed by atoms with Crippen LogP contribution in [0.15, 0.2) is 18.3 Å². The zero-order chi connectivity index (χ0) is 9.84. The highest BCUT2D eigenvalue weighted by Crippen LogP contribution is 2.08. The van der Waals surface area contributed by atoms with E-state index in [4.69, 9.17) is 10.8 Å². The second-order valence-corrected chi connectivity index (χ2v) is 2.45. The first kappa shape index (κ1) is 9.34. The van der Waals surface area contributed by atoms with E-state index in [1.165, 1.54) is 18.3 Å². The zero-order valence-corrected chi connectivity index (χ0v) is 6.68. The number of hydrogen-bond acceptors (Lipinski definition) is 4. The average Bonchev–Trinajstić information content (AvgIpc) is 2.17. The van der Waals surface area contributed by atoms with Gasteiger partial charge in [-0.1, -0.05) is 6.07 Å². The summed E-state index contributed by atoms with van der Waals surface area (Å²) in [6.07, 6.45) is 1.86. The summed E-state index contributed by atoms with van der Waals surface area (Å²) in [6, 6.07) is 1.80. The molecule has 3 N–H and O–H groups in total. The minimum Gasteiger partial charge on any atom is -0.480 e. The Bertz CT molecular complexity index is 321. The van der Waals surface area contributed by atoms with Gasteiger partial charge in [-0.25, -0.2) is 0 Å². The number of rotatable bonds is 3. The van der Waals surface area contributed by atoms with Gasteiger partial charge >= 0.3 is 5.97 Å². The van der Waals surface area contributed by atoms with Crippen LogP contribution in [0.25, 0.3) is 0 Å². The topological polar surface area (TPSA) is 93.3 Å². The maximum atomic E-state index is 10.4. The van der Waals surface area contributed by atoms with Gasteiger partial charge in [0, 0.05) is 6.20 Å². The molecule has 0 aliphatic carbocycles. The molecule has 13 heavy (non-hydrogen) atoms. The quantitative estimate of drug-likeness (QED) is 0.637. The monoisotopic (exact) mass is 180 g/mol. The maximum Gasteiger partial charge on any atom is 0.325 e. The third-order valence-electron chi connectivity index (χ3n) is 1.56. The molecular weight excluding hydrogens is 172 g/mol. The summed E-state index contributed by atoms with van der Waals surface area (Å²) in [5.41, 5.74) is 5.93. The fraction of sp³-hybridized carbons (Fsp3) is 0.125. The van der Waals surface area contributed by atoms with Crippen LogP contribution in [0.5, 0.6) is 0 Å². The van der Waals surface area contributed by atoms with Gasteiger partial charge in [-0.15, -0.1) is 0 Å². The van der Waals surface area contributed by atoms with Crippen LogP contribution in [0.3, 0.4) is 0 Å². The van der Waals surface area contributed by atoms with Crippen molar-refractivity contribution in [2.24, 2.45) is 5.73 Å². The molecule has 68 valence electrons. The Morgan fingerprint density at radius 2 is 2.31 bits per heavy atom. The van der Waals surface area contributed by atoms with E-state index in [1.54, 1.807) is 0 Å². The molecule has 1 atom stereocenters. The van der Waals surface area contributed by atoms with Crippen molar-refractivity contribution in [1.29, 1.82) is 0 Å². The molecule has 1 rings (SSSR count). The standard InChI is InChI=1S/C8H8N2O3/c9-7(8(12)13)5-1-2-6(4-11)10-3-5/h1-4,7H,9H2,(H,12,13)/t7-/m0/s1. The van der Waals surface area contributed by atoms with Crippen LogP contribution >= 0.6 is 0 Å². The van der Waals surface area contributed by atoms with Crippen LogP contribution in [0.2, 0.25) is 0 Å². The van der Waals surface area contributed by atoms with Gasteiger partial charge in [0.25, 0.3) is 0 Å². The maximum absolute atomic E-state index is 10.4. The molecule has 0 aromatic carbocycles. The van der Waals surface area contributed by atoms with E-state index in [1.807, 2.05) is 0 Å². The molecule has 1 aromatic heterocycles. The van der Waals surface area contributed by atoms with E-state index in [-0.39, 0.29) is 5.69 Å². The lowest BCUT2D eigenvalue weighted by molar-refractivity contribution is -0.138. The molecule has 1 aromatic rings. The molecule has 0 amide bonds. The normalized spacial score (nSPS) is 12.1. The molecule has 0 spiro atoms. The summed E-state index contributed by atoms with van der Waals surface area (Å²) in [5.74, 6) is -1.12. The fourth-order valence-corrected chi connectivity index (χ4v) is 0.813. The highest BCUT2D eigenvalue weighted by molar-refractivity contribution is 5.76. The molecule has 1 heterocycles. The number of carbonyl (C=O) groups is 2. The first-order valence-corrected chi connectivity index (χ1v) is 3.54. The Kier molecular flexibility index (Phi) is 2.71. The van der Waals surface area contributed by atoms with Gasteiger partial charge in [0.15, 0.2) is 6.29 Å². The molecule has 0 bridgehead atoms. The van der Waals surface area contributed by atoms with Gasteiger partial charge in [-0.2, -0.15) is 0 Å². The SMILES string of the molecule is N[C@H](C(=O)O)c1ccc(C=O)nc1. The van der Waals surface area contributed by atoms with Gasteiger partial charge in [0.1, 0.15) is 11.7 Å². The van der Waals surface area contributed by atoms with Crippen LogP contribution < -0.4 is 5.73 Å². The van der Waals surface area contributed by atoms with Crippen LogP contribution in [-0.4, -0.2) is 22.3 Å². The Morgan fingerprint density at radius 3 is 2.69 bits per heavy atom. The van der Waals surface area contributed by atoms with Crippen LogP contribution in [-0.2, 0) is 4.79 Å². The molecule has 0 aliphatic rings. The molecule has 0 saturated carbocycles. The van der Waals surface area contributed by atoms with Crippen LogP contribution in [0, 0.1) is 0 Å². The van der Waals surface area contributed by atoms with E-state index < -0.39 is 12.0 Å². The van der Waals surface area contributed by atoms with Gasteiger partial charge in [-0.05, 0) is 11.6 Å². The number of carboxylic acids is 1. The highest BCUT2D eigenvalue weighted by Gasteiger charge is 2.13. The molecule has 0 fully saturated rings. The van der Waals surface area contributed by atoms with E-state index in [2.05, 4.69) is 4.98 Å². The molecule has 0 saturated heterocycles. The number of pyridine rings is 1. The molecule has 5 nitrogen and oxygen atoms in total. The predicted octanol–water partition coefficient (Wildman–Crippen LogP) is -0.0215. The van der Waals surface area contributed by atoms with Gasteiger partial charge in [-0.3, -0.25) is 14.6 Å². The number of aldehydes is 1. The number of nitrogens with two attached hydrogens (primary N) is 1. The lowest BCUT2D eigenvalue weighted by atomic mass is 10.1. The Hall–Kier alpha value is -1.75. The van der Waals surface area contributed by atoms with E-state index >= 15 is 0 Å². The van der Waals surface area contributed by atoms with E-state index in [0.29, 0.717) is 11.8 Å². The fourth-order valence-electron chi connectivity index (χ4n) is 0.813. The molecule has 0 radical (unpaired) electrons. The Morgan fingerprint density at radius 1 is 1.62 bits per heavy atom. The second-order valence-electron chi connectivity index (χ2n) is 2.45. The lowest BCUT2D eigenvalue weighted by Crippen LogP contribution is -2.20. The lowest BCUT2D eigenvalue weighted by Gasteiger charge is -2.04. The Balaban J connectivity index is 2.91. The van der Waals surface area contributed by atoms with Crippen molar-refractivity contribution in [3.8, 4) is 0 Å². The Labute approximate surface area is 74.2 Å². The third kappa shape index (κ3) is 2.09. The van der Waals surface area contributed by atoms with Gasteiger partial charge in [0.2, 0.25) is 0 Å².